The number of H-pyrrole nitrogens is 1. The Morgan fingerprint density at radius 2 is 2.19 bits per heavy atom. The highest BCUT2D eigenvalue weighted by Crippen LogP contribution is 2.40. The standard InChI is InChI=1S/C22H27N3O2/c1-12(2)19(11-26)23-22(27)16-8-9-18-20-15(16)7-6-14-5-4-13(3)10-17(14)21(20)25-24-18/h5,8-10,12-13,19,26H,4,6-7,11H2,1-3H3,(H,23,27)(H,24,25). The number of amides is 1. The maximum absolute atomic E-state index is 13.0. The molecule has 1 amide bonds. The molecule has 2 atom stereocenters. The lowest BCUT2D eigenvalue weighted by Gasteiger charge is -2.21. The van der Waals surface area contributed by atoms with E-state index < -0.39 is 0 Å². The molecule has 5 heteroatoms. The molecule has 2 unspecified atom stereocenters. The van der Waals surface area contributed by atoms with Gasteiger partial charge in [0.1, 0.15) is 5.69 Å². The highest BCUT2D eigenvalue weighted by Gasteiger charge is 2.27. The minimum Gasteiger partial charge on any atom is -0.394 e. The van der Waals surface area contributed by atoms with Crippen molar-refractivity contribution < 1.29 is 9.90 Å². The van der Waals surface area contributed by atoms with Gasteiger partial charge in [-0.15, -0.1) is 0 Å². The third-order valence-corrected chi connectivity index (χ3v) is 5.83. The number of nitrogens with zero attached hydrogens (tertiary/aromatic N) is 1. The molecule has 1 aromatic heterocycles. The fourth-order valence-electron chi connectivity index (χ4n) is 4.15. The van der Waals surface area contributed by atoms with Gasteiger partial charge in [-0.25, -0.2) is 0 Å². The predicted molar refractivity (Wildman–Crippen MR) is 107 cm³/mol. The molecule has 2 aliphatic carbocycles. The second kappa shape index (κ2) is 6.97. The Balaban J connectivity index is 1.81. The molecule has 142 valence electrons. The Hall–Kier alpha value is -2.40. The first-order valence-corrected chi connectivity index (χ1v) is 9.82. The SMILES string of the molecule is CC1C=C2C(=CC1)CCc1c(C(=O)NC(CO)C(C)C)ccc3[nH]nc2c13. The van der Waals surface area contributed by atoms with Gasteiger partial charge >= 0.3 is 0 Å². The fourth-order valence-corrected chi connectivity index (χ4v) is 4.15. The highest BCUT2D eigenvalue weighted by molar-refractivity contribution is 6.05. The number of fused-ring (bicyclic) bond motifs is 2. The molecule has 2 aromatic rings. The van der Waals surface area contributed by atoms with Gasteiger partial charge in [-0.2, -0.15) is 5.10 Å². The van der Waals surface area contributed by atoms with Crippen LogP contribution in [0, 0.1) is 11.8 Å². The summed E-state index contributed by atoms with van der Waals surface area (Å²) >= 11 is 0. The van der Waals surface area contributed by atoms with Crippen LogP contribution in [0.4, 0.5) is 0 Å². The van der Waals surface area contributed by atoms with Crippen LogP contribution in [-0.2, 0) is 6.42 Å². The number of rotatable bonds is 4. The maximum Gasteiger partial charge on any atom is 0.251 e. The van der Waals surface area contributed by atoms with Gasteiger partial charge in [-0.3, -0.25) is 9.89 Å². The Bertz CT molecular complexity index is 952. The molecule has 0 saturated heterocycles. The largest absolute Gasteiger partial charge is 0.394 e. The van der Waals surface area contributed by atoms with Crippen LogP contribution >= 0.6 is 0 Å². The molecule has 0 saturated carbocycles. The summed E-state index contributed by atoms with van der Waals surface area (Å²) in [6.45, 7) is 6.16. The third kappa shape index (κ3) is 3.10. The van der Waals surface area contributed by atoms with Crippen molar-refractivity contribution in [3.63, 3.8) is 0 Å². The number of nitrogens with one attached hydrogen (secondary N) is 2. The lowest BCUT2D eigenvalue weighted by molar-refractivity contribution is 0.0896. The third-order valence-electron chi connectivity index (χ3n) is 5.83. The molecule has 1 heterocycles. The second-order valence-corrected chi connectivity index (χ2v) is 8.12. The Morgan fingerprint density at radius 1 is 1.37 bits per heavy atom. The smallest absolute Gasteiger partial charge is 0.251 e. The van der Waals surface area contributed by atoms with Crippen LogP contribution in [0.2, 0.25) is 0 Å². The topological polar surface area (TPSA) is 78.0 Å². The summed E-state index contributed by atoms with van der Waals surface area (Å²) in [5.41, 5.74) is 6.23. The summed E-state index contributed by atoms with van der Waals surface area (Å²) < 4.78 is 0. The molecule has 27 heavy (non-hydrogen) atoms. The number of benzene rings is 1. The predicted octanol–water partition coefficient (Wildman–Crippen LogP) is 3.61. The number of hydrogen-bond acceptors (Lipinski definition) is 3. The first kappa shape index (κ1) is 18.0. The molecule has 4 rings (SSSR count). The quantitative estimate of drug-likeness (QED) is 0.774. The van der Waals surface area contributed by atoms with Gasteiger partial charge in [-0.1, -0.05) is 32.9 Å². The van der Waals surface area contributed by atoms with Crippen LogP contribution in [0.15, 0.2) is 29.9 Å². The molecular weight excluding hydrogens is 338 g/mol. The van der Waals surface area contributed by atoms with E-state index in [9.17, 15) is 9.90 Å². The lowest BCUT2D eigenvalue weighted by Crippen LogP contribution is -2.41. The molecule has 0 radical (unpaired) electrons. The van der Waals surface area contributed by atoms with Crippen molar-refractivity contribution in [3.05, 3.63) is 46.7 Å². The van der Waals surface area contributed by atoms with E-state index in [1.165, 1.54) is 11.1 Å². The molecule has 3 N–H and O–H groups in total. The van der Waals surface area contributed by atoms with Gasteiger partial charge in [0, 0.05) is 16.5 Å². The van der Waals surface area contributed by atoms with Gasteiger partial charge in [0.05, 0.1) is 18.2 Å². The minimum atomic E-state index is -0.246. The molecule has 2 aliphatic rings. The van der Waals surface area contributed by atoms with Gasteiger partial charge in [-0.05, 0) is 54.4 Å². The van der Waals surface area contributed by atoms with Crippen LogP contribution in [0.3, 0.4) is 0 Å². The van der Waals surface area contributed by atoms with Crippen molar-refractivity contribution in [1.82, 2.24) is 15.5 Å². The van der Waals surface area contributed by atoms with E-state index >= 15 is 0 Å². The van der Waals surface area contributed by atoms with Crippen LogP contribution in [0.1, 0.15) is 55.2 Å². The number of aliphatic hydroxyl groups is 1. The number of carbonyl (C=O) groups is 1. The monoisotopic (exact) mass is 365 g/mol. The average Bonchev–Trinajstić information content (AvgIpc) is 3.01. The summed E-state index contributed by atoms with van der Waals surface area (Å²) in [6, 6.07) is 3.57. The number of carbonyl (C=O) groups excluding carboxylic acids is 1. The van der Waals surface area contributed by atoms with Gasteiger partial charge in [0.2, 0.25) is 0 Å². The van der Waals surface area contributed by atoms with Gasteiger partial charge in [0.25, 0.3) is 5.91 Å². The zero-order valence-corrected chi connectivity index (χ0v) is 16.2. The molecule has 0 aliphatic heterocycles. The first-order valence-electron chi connectivity index (χ1n) is 9.82. The zero-order chi connectivity index (χ0) is 19.1. The minimum absolute atomic E-state index is 0.0599. The van der Waals surface area contributed by atoms with Crippen molar-refractivity contribution in [2.45, 2.75) is 46.1 Å². The van der Waals surface area contributed by atoms with Crippen molar-refractivity contribution in [1.29, 1.82) is 0 Å². The zero-order valence-electron chi connectivity index (χ0n) is 16.2. The van der Waals surface area contributed by atoms with E-state index in [2.05, 4.69) is 34.6 Å². The number of aryl methyl sites for hydroxylation is 1. The van der Waals surface area contributed by atoms with Crippen LogP contribution < -0.4 is 5.32 Å². The van der Waals surface area contributed by atoms with Gasteiger partial charge < -0.3 is 10.4 Å². The molecule has 5 nitrogen and oxygen atoms in total. The van der Waals surface area contributed by atoms with Crippen molar-refractivity contribution in [3.8, 4) is 0 Å². The van der Waals surface area contributed by atoms with Crippen LogP contribution in [0.5, 0.6) is 0 Å². The second-order valence-electron chi connectivity index (χ2n) is 8.12. The molecular formula is C22H27N3O2. The van der Waals surface area contributed by atoms with Crippen molar-refractivity contribution >= 4 is 22.4 Å². The van der Waals surface area contributed by atoms with E-state index in [4.69, 9.17) is 0 Å². The van der Waals surface area contributed by atoms with Crippen molar-refractivity contribution in [2.24, 2.45) is 11.8 Å². The van der Waals surface area contributed by atoms with Crippen LogP contribution in [0.25, 0.3) is 16.5 Å². The average molecular weight is 365 g/mol. The summed E-state index contributed by atoms with van der Waals surface area (Å²) in [6.07, 6.45) is 7.43. The number of hydrogen-bond donors (Lipinski definition) is 3. The number of aliphatic hydroxyl groups excluding tert-OH is 1. The number of aromatic nitrogens is 2. The summed E-state index contributed by atoms with van der Waals surface area (Å²) in [5.74, 6) is 0.554. The summed E-state index contributed by atoms with van der Waals surface area (Å²) in [4.78, 5) is 13.0. The molecule has 0 spiro atoms. The Morgan fingerprint density at radius 3 is 2.93 bits per heavy atom. The van der Waals surface area contributed by atoms with E-state index in [1.54, 1.807) is 0 Å². The van der Waals surface area contributed by atoms with Crippen molar-refractivity contribution in [2.75, 3.05) is 6.61 Å². The maximum atomic E-state index is 13.0. The van der Waals surface area contributed by atoms with Crippen LogP contribution in [-0.4, -0.2) is 33.9 Å². The molecule has 1 aromatic carbocycles. The highest BCUT2D eigenvalue weighted by atomic mass is 16.3. The Labute approximate surface area is 159 Å². The van der Waals surface area contributed by atoms with E-state index in [1.807, 2.05) is 26.0 Å². The fraction of sp³-hybridized carbons (Fsp3) is 0.455. The first-order chi connectivity index (χ1) is 13.0. The normalized spacial score (nSPS) is 20.0. The lowest BCUT2D eigenvalue weighted by atomic mass is 9.88. The van der Waals surface area contributed by atoms with E-state index in [0.717, 1.165) is 41.4 Å². The van der Waals surface area contributed by atoms with E-state index in [0.29, 0.717) is 11.5 Å². The van der Waals surface area contributed by atoms with E-state index in [-0.39, 0.29) is 24.5 Å². The number of aromatic amines is 1. The summed E-state index contributed by atoms with van der Waals surface area (Å²) in [5, 5.41) is 21.4. The molecule has 0 bridgehead atoms. The summed E-state index contributed by atoms with van der Waals surface area (Å²) in [7, 11) is 0. The number of allylic oxidation sites excluding steroid dienone is 4. The molecule has 0 fully saturated rings. The van der Waals surface area contributed by atoms with Gasteiger partial charge in [0.15, 0.2) is 0 Å². The Kier molecular flexibility index (Phi) is 4.64.